The molecule has 0 radical (unpaired) electrons. The van der Waals surface area contributed by atoms with Crippen molar-refractivity contribution in [2.75, 3.05) is 13.1 Å². The van der Waals surface area contributed by atoms with Gasteiger partial charge in [0.05, 0.1) is 5.52 Å². The predicted molar refractivity (Wildman–Crippen MR) is 87.5 cm³/mol. The topological polar surface area (TPSA) is 50.7 Å². The summed E-state index contributed by atoms with van der Waals surface area (Å²) < 4.78 is 0. The Bertz CT molecular complexity index is 723. The number of pyridine rings is 1. The molecule has 0 aliphatic carbocycles. The minimum atomic E-state index is 0.985. The summed E-state index contributed by atoms with van der Waals surface area (Å²) in [5.41, 5.74) is 2.13. The molecule has 2 aromatic heterocycles. The Morgan fingerprint density at radius 1 is 1.19 bits per heavy atom. The first-order chi connectivity index (χ1) is 10.4. The Hall–Kier alpha value is -1.85. The second-order valence-electron chi connectivity index (χ2n) is 4.87. The van der Waals surface area contributed by atoms with Crippen molar-refractivity contribution in [2.45, 2.75) is 19.8 Å². The van der Waals surface area contributed by atoms with Crippen molar-refractivity contribution in [3.8, 4) is 10.6 Å². The fourth-order valence-electron chi connectivity index (χ4n) is 2.22. The Balaban J connectivity index is 1.75. The maximum atomic E-state index is 4.34. The zero-order valence-electron chi connectivity index (χ0n) is 12.0. The molecule has 1 N–H and O–H groups in total. The Morgan fingerprint density at radius 3 is 3.05 bits per heavy atom. The van der Waals surface area contributed by atoms with E-state index in [2.05, 4.69) is 45.6 Å². The molecule has 0 atom stereocenters. The minimum Gasteiger partial charge on any atom is -0.317 e. The lowest BCUT2D eigenvalue weighted by Crippen LogP contribution is -2.14. The number of rotatable bonds is 6. The van der Waals surface area contributed by atoms with Gasteiger partial charge < -0.3 is 5.32 Å². The van der Waals surface area contributed by atoms with Crippen LogP contribution in [0.1, 0.15) is 18.4 Å². The summed E-state index contributed by atoms with van der Waals surface area (Å²) in [4.78, 5) is 4.34. The monoisotopic (exact) mass is 298 g/mol. The molecule has 21 heavy (non-hydrogen) atoms. The van der Waals surface area contributed by atoms with E-state index in [1.54, 1.807) is 11.3 Å². The van der Waals surface area contributed by atoms with Crippen molar-refractivity contribution < 1.29 is 0 Å². The lowest BCUT2D eigenvalue weighted by molar-refractivity contribution is 0.669. The Labute approximate surface area is 128 Å². The smallest absolute Gasteiger partial charge is 0.147 e. The van der Waals surface area contributed by atoms with Crippen LogP contribution in [0, 0.1) is 0 Å². The molecule has 3 rings (SSSR count). The van der Waals surface area contributed by atoms with E-state index >= 15 is 0 Å². The van der Waals surface area contributed by atoms with Crippen LogP contribution in [0.3, 0.4) is 0 Å². The van der Waals surface area contributed by atoms with Gasteiger partial charge in [0.1, 0.15) is 10.0 Å². The number of benzene rings is 1. The van der Waals surface area contributed by atoms with Crippen LogP contribution < -0.4 is 5.32 Å². The fraction of sp³-hybridized carbons (Fsp3) is 0.312. The molecule has 0 aliphatic heterocycles. The van der Waals surface area contributed by atoms with E-state index in [0.29, 0.717) is 0 Å². The van der Waals surface area contributed by atoms with E-state index in [4.69, 9.17) is 0 Å². The first kappa shape index (κ1) is 14.1. The lowest BCUT2D eigenvalue weighted by atomic mass is 10.1. The molecule has 108 valence electrons. The third-order valence-corrected chi connectivity index (χ3v) is 4.34. The fourth-order valence-corrected chi connectivity index (χ4v) is 3.10. The maximum Gasteiger partial charge on any atom is 0.147 e. The van der Waals surface area contributed by atoms with Gasteiger partial charge in [-0.25, -0.2) is 0 Å². The lowest BCUT2D eigenvalue weighted by Gasteiger charge is -1.99. The van der Waals surface area contributed by atoms with Crippen molar-refractivity contribution in [1.82, 2.24) is 20.5 Å². The van der Waals surface area contributed by atoms with Gasteiger partial charge in [-0.1, -0.05) is 24.3 Å². The second kappa shape index (κ2) is 6.74. The van der Waals surface area contributed by atoms with Crippen molar-refractivity contribution in [2.24, 2.45) is 0 Å². The van der Waals surface area contributed by atoms with Gasteiger partial charge in [-0.15, -0.1) is 10.2 Å². The van der Waals surface area contributed by atoms with Gasteiger partial charge in [0.2, 0.25) is 0 Å². The maximum absolute atomic E-state index is 4.34. The van der Waals surface area contributed by atoms with Crippen molar-refractivity contribution in [3.05, 3.63) is 41.5 Å². The van der Waals surface area contributed by atoms with E-state index in [0.717, 1.165) is 52.4 Å². The average Bonchev–Trinajstić information content (AvgIpc) is 3.00. The van der Waals surface area contributed by atoms with E-state index in [1.807, 2.05) is 18.3 Å². The first-order valence-electron chi connectivity index (χ1n) is 7.25. The second-order valence-corrected chi connectivity index (χ2v) is 5.93. The summed E-state index contributed by atoms with van der Waals surface area (Å²) in [5, 5.41) is 15.2. The minimum absolute atomic E-state index is 0.985. The highest BCUT2D eigenvalue weighted by Crippen LogP contribution is 2.26. The molecule has 0 saturated carbocycles. The zero-order valence-corrected chi connectivity index (χ0v) is 12.9. The summed E-state index contributed by atoms with van der Waals surface area (Å²) in [7, 11) is 0. The number of hydrogen-bond donors (Lipinski definition) is 1. The SMILES string of the molecule is CCNCCCc1nnc(-c2ccc3ncccc3c2)s1. The third kappa shape index (κ3) is 3.43. The number of nitrogens with one attached hydrogen (secondary N) is 1. The molecule has 0 unspecified atom stereocenters. The molecule has 0 amide bonds. The zero-order chi connectivity index (χ0) is 14.5. The largest absolute Gasteiger partial charge is 0.317 e. The quantitative estimate of drug-likeness (QED) is 0.709. The van der Waals surface area contributed by atoms with E-state index in [-0.39, 0.29) is 0 Å². The summed E-state index contributed by atoms with van der Waals surface area (Å²) in [6, 6.07) is 10.3. The van der Waals surface area contributed by atoms with Crippen LogP contribution in [0.2, 0.25) is 0 Å². The number of fused-ring (bicyclic) bond motifs is 1. The normalized spacial score (nSPS) is 11.1. The molecule has 2 heterocycles. The van der Waals surface area contributed by atoms with E-state index in [1.165, 1.54) is 0 Å². The van der Waals surface area contributed by atoms with Crippen LogP contribution in [-0.4, -0.2) is 28.3 Å². The molecule has 3 aromatic rings. The van der Waals surface area contributed by atoms with Gasteiger partial charge in [0.25, 0.3) is 0 Å². The number of hydrogen-bond acceptors (Lipinski definition) is 5. The Morgan fingerprint density at radius 2 is 2.14 bits per heavy atom. The van der Waals surface area contributed by atoms with Crippen molar-refractivity contribution in [1.29, 1.82) is 0 Å². The highest BCUT2D eigenvalue weighted by Gasteiger charge is 2.07. The van der Waals surface area contributed by atoms with Gasteiger partial charge in [-0.05, 0) is 43.8 Å². The van der Waals surface area contributed by atoms with Crippen LogP contribution >= 0.6 is 11.3 Å². The molecule has 0 spiro atoms. The number of aromatic nitrogens is 3. The number of aryl methyl sites for hydroxylation is 1. The molecular weight excluding hydrogens is 280 g/mol. The van der Waals surface area contributed by atoms with Gasteiger partial charge in [0, 0.05) is 23.6 Å². The van der Waals surface area contributed by atoms with Gasteiger partial charge in [-0.3, -0.25) is 4.98 Å². The molecule has 0 fully saturated rings. The number of nitrogens with zero attached hydrogens (tertiary/aromatic N) is 3. The molecule has 5 heteroatoms. The summed E-state index contributed by atoms with van der Waals surface area (Å²) in [5.74, 6) is 0. The molecule has 4 nitrogen and oxygen atoms in total. The van der Waals surface area contributed by atoms with Crippen LogP contribution in [0.4, 0.5) is 0 Å². The highest BCUT2D eigenvalue weighted by atomic mass is 32.1. The summed E-state index contributed by atoms with van der Waals surface area (Å²) >= 11 is 1.68. The Kier molecular flexibility index (Phi) is 4.52. The van der Waals surface area contributed by atoms with Crippen molar-refractivity contribution >= 4 is 22.2 Å². The highest BCUT2D eigenvalue weighted by molar-refractivity contribution is 7.14. The first-order valence-corrected chi connectivity index (χ1v) is 8.06. The van der Waals surface area contributed by atoms with Gasteiger partial charge in [-0.2, -0.15) is 0 Å². The van der Waals surface area contributed by atoms with Crippen LogP contribution in [0.5, 0.6) is 0 Å². The van der Waals surface area contributed by atoms with Gasteiger partial charge in [0.15, 0.2) is 0 Å². The van der Waals surface area contributed by atoms with Crippen LogP contribution in [0.15, 0.2) is 36.5 Å². The molecule has 0 aliphatic rings. The molecule has 0 bridgehead atoms. The van der Waals surface area contributed by atoms with Crippen LogP contribution in [0.25, 0.3) is 21.5 Å². The van der Waals surface area contributed by atoms with Gasteiger partial charge >= 0.3 is 0 Å². The average molecular weight is 298 g/mol. The molecular formula is C16H18N4S. The predicted octanol–water partition coefficient (Wildman–Crippen LogP) is 3.30. The molecule has 0 saturated heterocycles. The van der Waals surface area contributed by atoms with Crippen molar-refractivity contribution in [3.63, 3.8) is 0 Å². The van der Waals surface area contributed by atoms with E-state index < -0.39 is 0 Å². The summed E-state index contributed by atoms with van der Waals surface area (Å²) in [6.07, 6.45) is 3.90. The summed E-state index contributed by atoms with van der Waals surface area (Å²) in [6.45, 7) is 4.18. The molecule has 1 aromatic carbocycles. The standard InChI is InChI=1S/C16H18N4S/c1-2-17-9-4-6-15-19-20-16(21-15)13-7-8-14-12(11-13)5-3-10-18-14/h3,5,7-8,10-11,17H,2,4,6,9H2,1H3. The van der Waals surface area contributed by atoms with Crippen LogP contribution in [-0.2, 0) is 6.42 Å². The third-order valence-electron chi connectivity index (χ3n) is 3.31. The van der Waals surface area contributed by atoms with E-state index in [9.17, 15) is 0 Å².